The molecule has 0 saturated heterocycles. The molecule has 6 heteroatoms. The first kappa shape index (κ1) is 15.5. The highest BCUT2D eigenvalue weighted by Gasteiger charge is 2.16. The molecule has 1 aromatic carbocycles. The Labute approximate surface area is 127 Å². The molecule has 0 radical (unpaired) electrons. The van der Waals surface area contributed by atoms with Crippen LogP contribution in [0, 0.1) is 0 Å². The Morgan fingerprint density at radius 1 is 1.43 bits per heavy atom. The maximum Gasteiger partial charge on any atom is 0.237 e. The van der Waals surface area contributed by atoms with E-state index < -0.39 is 6.04 Å². The van der Waals surface area contributed by atoms with Crippen molar-refractivity contribution < 1.29 is 9.90 Å². The maximum absolute atomic E-state index is 12.0. The molecular formula is C15H19N3O2S. The van der Waals surface area contributed by atoms with Crippen LogP contribution in [0.2, 0.25) is 0 Å². The summed E-state index contributed by atoms with van der Waals surface area (Å²) in [6.45, 7) is 2.54. The van der Waals surface area contributed by atoms with Gasteiger partial charge in [-0.05, 0) is 24.1 Å². The van der Waals surface area contributed by atoms with Gasteiger partial charge in [0.1, 0.15) is 5.75 Å². The number of nitrogens with zero attached hydrogens (tertiary/aromatic N) is 1. The van der Waals surface area contributed by atoms with Crippen LogP contribution in [0.5, 0.6) is 5.75 Å². The number of amides is 1. The zero-order valence-electron chi connectivity index (χ0n) is 11.8. The SMILES string of the molecule is CC(CNC(=O)[C@@H](N)Cc1ccc(O)cc1)c1nccs1. The first-order valence-corrected chi connectivity index (χ1v) is 7.65. The summed E-state index contributed by atoms with van der Waals surface area (Å²) in [4.78, 5) is 16.2. The molecule has 1 unspecified atom stereocenters. The Bertz CT molecular complexity index is 569. The van der Waals surface area contributed by atoms with Gasteiger partial charge >= 0.3 is 0 Å². The lowest BCUT2D eigenvalue weighted by Gasteiger charge is -2.14. The lowest BCUT2D eigenvalue weighted by molar-refractivity contribution is -0.122. The van der Waals surface area contributed by atoms with Gasteiger partial charge in [0.25, 0.3) is 0 Å². The van der Waals surface area contributed by atoms with Crippen LogP contribution in [0.1, 0.15) is 23.4 Å². The number of carbonyl (C=O) groups is 1. The van der Waals surface area contributed by atoms with Gasteiger partial charge in [-0.3, -0.25) is 4.79 Å². The van der Waals surface area contributed by atoms with Crippen LogP contribution in [-0.4, -0.2) is 28.6 Å². The lowest BCUT2D eigenvalue weighted by atomic mass is 10.1. The number of aromatic hydroxyl groups is 1. The first-order chi connectivity index (χ1) is 10.1. The van der Waals surface area contributed by atoms with Gasteiger partial charge in [-0.2, -0.15) is 0 Å². The first-order valence-electron chi connectivity index (χ1n) is 6.77. The Kier molecular flexibility index (Phi) is 5.30. The van der Waals surface area contributed by atoms with Crippen LogP contribution in [0.3, 0.4) is 0 Å². The molecule has 0 aliphatic rings. The molecule has 21 heavy (non-hydrogen) atoms. The molecule has 0 aliphatic heterocycles. The number of phenolic OH excluding ortho intramolecular Hbond substituents is 1. The minimum Gasteiger partial charge on any atom is -0.508 e. The number of benzene rings is 1. The summed E-state index contributed by atoms with van der Waals surface area (Å²) in [5.41, 5.74) is 6.82. The Morgan fingerprint density at radius 3 is 2.76 bits per heavy atom. The second-order valence-corrected chi connectivity index (χ2v) is 5.92. The number of carbonyl (C=O) groups excluding carboxylic acids is 1. The predicted molar refractivity (Wildman–Crippen MR) is 83.3 cm³/mol. The largest absolute Gasteiger partial charge is 0.508 e. The van der Waals surface area contributed by atoms with Crippen LogP contribution in [0.15, 0.2) is 35.8 Å². The Hall–Kier alpha value is -1.92. The van der Waals surface area contributed by atoms with E-state index in [1.807, 2.05) is 12.3 Å². The van der Waals surface area contributed by atoms with E-state index >= 15 is 0 Å². The highest BCUT2D eigenvalue weighted by molar-refractivity contribution is 7.09. The average Bonchev–Trinajstić information content (AvgIpc) is 3.01. The quantitative estimate of drug-likeness (QED) is 0.757. The summed E-state index contributed by atoms with van der Waals surface area (Å²) in [5, 5.41) is 15.0. The van der Waals surface area contributed by atoms with Crippen molar-refractivity contribution in [2.45, 2.75) is 25.3 Å². The minimum atomic E-state index is -0.599. The van der Waals surface area contributed by atoms with Gasteiger partial charge in [-0.25, -0.2) is 4.98 Å². The molecule has 0 fully saturated rings. The molecule has 0 bridgehead atoms. The molecule has 2 atom stereocenters. The normalized spacial score (nSPS) is 13.6. The van der Waals surface area contributed by atoms with E-state index in [2.05, 4.69) is 10.3 Å². The summed E-state index contributed by atoms with van der Waals surface area (Å²) in [6.07, 6.45) is 2.20. The lowest BCUT2D eigenvalue weighted by Crippen LogP contribution is -2.43. The van der Waals surface area contributed by atoms with Gasteiger partial charge in [-0.1, -0.05) is 19.1 Å². The third-order valence-corrected chi connectivity index (χ3v) is 4.19. The predicted octanol–water partition coefficient (Wildman–Crippen LogP) is 1.64. The fraction of sp³-hybridized carbons (Fsp3) is 0.333. The van der Waals surface area contributed by atoms with Crippen LogP contribution in [0.25, 0.3) is 0 Å². The number of nitrogens with one attached hydrogen (secondary N) is 1. The van der Waals surface area contributed by atoms with E-state index in [4.69, 9.17) is 5.73 Å². The zero-order chi connectivity index (χ0) is 15.2. The molecule has 0 saturated carbocycles. The third-order valence-electron chi connectivity index (χ3n) is 3.18. The summed E-state index contributed by atoms with van der Waals surface area (Å²) in [7, 11) is 0. The van der Waals surface area contributed by atoms with Crippen molar-refractivity contribution in [3.05, 3.63) is 46.4 Å². The minimum absolute atomic E-state index is 0.175. The fourth-order valence-corrected chi connectivity index (χ4v) is 2.63. The number of phenols is 1. The van der Waals surface area contributed by atoms with Crippen molar-refractivity contribution in [1.29, 1.82) is 0 Å². The van der Waals surface area contributed by atoms with Gasteiger partial charge < -0.3 is 16.2 Å². The standard InChI is InChI=1S/C15H19N3O2S/c1-10(15-17-6-7-21-15)9-18-14(20)13(16)8-11-2-4-12(19)5-3-11/h2-7,10,13,19H,8-9,16H2,1H3,(H,18,20)/t10?,13-/m0/s1. The molecule has 2 aromatic rings. The second-order valence-electron chi connectivity index (χ2n) is 4.99. The number of rotatable bonds is 6. The third kappa shape index (κ3) is 4.54. The van der Waals surface area contributed by atoms with Crippen LogP contribution >= 0.6 is 11.3 Å². The van der Waals surface area contributed by atoms with Gasteiger partial charge in [0.15, 0.2) is 0 Å². The van der Waals surface area contributed by atoms with Crippen molar-refractivity contribution in [3.63, 3.8) is 0 Å². The van der Waals surface area contributed by atoms with Crippen molar-refractivity contribution in [3.8, 4) is 5.75 Å². The number of hydrogen-bond donors (Lipinski definition) is 3. The van der Waals surface area contributed by atoms with Crippen molar-refractivity contribution >= 4 is 17.2 Å². The van der Waals surface area contributed by atoms with E-state index in [0.29, 0.717) is 13.0 Å². The highest BCUT2D eigenvalue weighted by atomic mass is 32.1. The second kappa shape index (κ2) is 7.19. The summed E-state index contributed by atoms with van der Waals surface area (Å²) in [5.74, 6) is 0.204. The molecule has 1 amide bonds. The number of aromatic nitrogens is 1. The van der Waals surface area contributed by atoms with Crippen LogP contribution < -0.4 is 11.1 Å². The van der Waals surface area contributed by atoms with Gasteiger partial charge in [0.05, 0.1) is 11.0 Å². The van der Waals surface area contributed by atoms with E-state index in [0.717, 1.165) is 10.6 Å². The van der Waals surface area contributed by atoms with E-state index in [1.165, 1.54) is 0 Å². The molecule has 2 rings (SSSR count). The highest BCUT2D eigenvalue weighted by Crippen LogP contribution is 2.16. The van der Waals surface area contributed by atoms with Crippen molar-refractivity contribution in [1.82, 2.24) is 10.3 Å². The number of nitrogens with two attached hydrogens (primary N) is 1. The average molecular weight is 305 g/mol. The van der Waals surface area contributed by atoms with Crippen molar-refractivity contribution in [2.75, 3.05) is 6.54 Å². The maximum atomic E-state index is 12.0. The van der Waals surface area contributed by atoms with Gasteiger partial charge in [-0.15, -0.1) is 11.3 Å². The van der Waals surface area contributed by atoms with E-state index in [-0.39, 0.29) is 17.6 Å². The van der Waals surface area contributed by atoms with Gasteiger partial charge in [0, 0.05) is 24.0 Å². The monoisotopic (exact) mass is 305 g/mol. The molecule has 1 aromatic heterocycles. The molecule has 112 valence electrons. The summed E-state index contributed by atoms with van der Waals surface area (Å²) >= 11 is 1.58. The van der Waals surface area contributed by atoms with Crippen molar-refractivity contribution in [2.24, 2.45) is 5.73 Å². The van der Waals surface area contributed by atoms with Crippen LogP contribution in [-0.2, 0) is 11.2 Å². The van der Waals surface area contributed by atoms with Crippen LogP contribution in [0.4, 0.5) is 0 Å². The molecule has 4 N–H and O–H groups in total. The molecule has 5 nitrogen and oxygen atoms in total. The molecule has 1 heterocycles. The topological polar surface area (TPSA) is 88.2 Å². The zero-order valence-corrected chi connectivity index (χ0v) is 12.6. The molecule has 0 spiro atoms. The summed E-state index contributed by atoms with van der Waals surface area (Å²) < 4.78 is 0. The molecular weight excluding hydrogens is 286 g/mol. The van der Waals surface area contributed by atoms with E-state index in [9.17, 15) is 9.90 Å². The Morgan fingerprint density at radius 2 is 2.14 bits per heavy atom. The summed E-state index contributed by atoms with van der Waals surface area (Å²) in [6, 6.07) is 6.11. The molecule has 0 aliphatic carbocycles. The van der Waals surface area contributed by atoms with E-state index in [1.54, 1.807) is 41.8 Å². The number of thiazole rings is 1. The fourth-order valence-electron chi connectivity index (χ4n) is 1.93. The Balaban J connectivity index is 1.81. The number of hydrogen-bond acceptors (Lipinski definition) is 5. The van der Waals surface area contributed by atoms with Gasteiger partial charge in [0.2, 0.25) is 5.91 Å². The smallest absolute Gasteiger partial charge is 0.237 e.